The molecule has 0 saturated heterocycles. The average Bonchev–Trinajstić information content (AvgIpc) is 3.29. The van der Waals surface area contributed by atoms with Gasteiger partial charge in [-0.05, 0) is 108 Å². The number of allylic oxidation sites excluding steroid dienone is 2. The molecule has 5 rings (SSSR count). The van der Waals surface area contributed by atoms with Gasteiger partial charge in [0.25, 0.3) is 5.91 Å². The molecular formula is C34H34F2N2O. The van der Waals surface area contributed by atoms with Crippen molar-refractivity contribution in [2.45, 2.75) is 52.5 Å². The lowest BCUT2D eigenvalue weighted by Gasteiger charge is -2.26. The Hall–Kier alpha value is -3.99. The van der Waals surface area contributed by atoms with Crippen molar-refractivity contribution in [2.75, 3.05) is 7.05 Å². The topological polar surface area (TPSA) is 41.1 Å². The Labute approximate surface area is 229 Å². The van der Waals surface area contributed by atoms with Gasteiger partial charge in [-0.3, -0.25) is 4.79 Å². The first-order valence-corrected chi connectivity index (χ1v) is 13.5. The van der Waals surface area contributed by atoms with Crippen LogP contribution in [-0.4, -0.2) is 19.0 Å². The zero-order chi connectivity index (χ0) is 27.8. The van der Waals surface area contributed by atoms with Crippen molar-refractivity contribution in [1.29, 1.82) is 0 Å². The van der Waals surface area contributed by atoms with Gasteiger partial charge in [0.1, 0.15) is 11.6 Å². The number of rotatable bonds is 8. The maximum Gasteiger partial charge on any atom is 0.254 e. The number of nitrogens with one attached hydrogen (secondary N) is 2. The Bertz CT molecular complexity index is 1550. The lowest BCUT2D eigenvalue weighted by atomic mass is 9.87. The molecule has 0 aliphatic heterocycles. The van der Waals surface area contributed by atoms with Crippen LogP contribution in [0, 0.1) is 18.6 Å². The molecule has 0 radical (unpaired) electrons. The summed E-state index contributed by atoms with van der Waals surface area (Å²) in [5, 5.41) is 6.16. The van der Waals surface area contributed by atoms with Crippen molar-refractivity contribution >= 4 is 17.1 Å². The number of hydrogen-bond donors (Lipinski definition) is 2. The van der Waals surface area contributed by atoms with Gasteiger partial charge in [-0.15, -0.1) is 0 Å². The molecule has 0 bridgehead atoms. The minimum Gasteiger partial charge on any atom is -0.388 e. The molecule has 0 fully saturated rings. The first-order chi connectivity index (χ1) is 18.7. The first kappa shape index (κ1) is 26.6. The highest BCUT2D eigenvalue weighted by Gasteiger charge is 2.28. The predicted octanol–water partition coefficient (Wildman–Crippen LogP) is 7.54. The molecule has 1 atom stereocenters. The molecule has 200 valence electrons. The molecule has 0 heterocycles. The fourth-order valence-electron chi connectivity index (χ4n) is 5.63. The monoisotopic (exact) mass is 524 g/mol. The summed E-state index contributed by atoms with van der Waals surface area (Å²) in [6, 6.07) is 14.1. The number of carbonyl (C=O) groups is 1. The van der Waals surface area contributed by atoms with Gasteiger partial charge in [0.05, 0.1) is 11.6 Å². The fourth-order valence-corrected chi connectivity index (χ4v) is 5.63. The minimum atomic E-state index is -0.518. The van der Waals surface area contributed by atoms with E-state index in [0.717, 1.165) is 75.1 Å². The van der Waals surface area contributed by atoms with Crippen molar-refractivity contribution < 1.29 is 13.6 Å². The van der Waals surface area contributed by atoms with Crippen LogP contribution in [0.4, 0.5) is 8.78 Å². The summed E-state index contributed by atoms with van der Waals surface area (Å²) < 4.78 is 28.8. The highest BCUT2D eigenvalue weighted by atomic mass is 19.1. The van der Waals surface area contributed by atoms with Gasteiger partial charge < -0.3 is 10.6 Å². The molecule has 0 aromatic heterocycles. The molecule has 2 aliphatic carbocycles. The van der Waals surface area contributed by atoms with Crippen molar-refractivity contribution in [3.05, 3.63) is 117 Å². The third-order valence-corrected chi connectivity index (χ3v) is 7.96. The average molecular weight is 525 g/mol. The standard InChI is InChI=1S/C34H34F2N2O/c1-6-7-23-15-24-16-28(22-9-11-25(35)12-10-22)33(21(4)37-5)29(24)18-27(23)26-17-30(31(36)14-20(26)3)34(39)38-32-13-8-19(32)2/h8-12,14-15,17-18,32,37H,4,6-7,13,16H2,1-3,5H3,(H,38,39). The minimum absolute atomic E-state index is 0.0394. The number of benzene rings is 3. The van der Waals surface area contributed by atoms with E-state index in [-0.39, 0.29) is 17.4 Å². The normalized spacial score (nSPS) is 15.9. The molecule has 0 saturated carbocycles. The molecule has 39 heavy (non-hydrogen) atoms. The number of aryl methyl sites for hydroxylation is 2. The number of likely N-dealkylation sites (N-methyl/N-ethyl adjacent to an activating group) is 1. The van der Waals surface area contributed by atoms with Crippen LogP contribution >= 0.6 is 0 Å². The smallest absolute Gasteiger partial charge is 0.254 e. The van der Waals surface area contributed by atoms with Crippen LogP contribution in [0.5, 0.6) is 0 Å². The van der Waals surface area contributed by atoms with Gasteiger partial charge in [0.15, 0.2) is 0 Å². The Morgan fingerprint density at radius 3 is 2.38 bits per heavy atom. The molecule has 3 nitrogen and oxygen atoms in total. The highest BCUT2D eigenvalue weighted by molar-refractivity contribution is 6.04. The Balaban J connectivity index is 1.65. The third kappa shape index (κ3) is 4.94. The van der Waals surface area contributed by atoms with Crippen LogP contribution in [0.2, 0.25) is 0 Å². The van der Waals surface area contributed by atoms with Crippen LogP contribution in [-0.2, 0) is 12.8 Å². The van der Waals surface area contributed by atoms with Gasteiger partial charge in [-0.1, -0.05) is 49.8 Å². The molecule has 2 N–H and O–H groups in total. The van der Waals surface area contributed by atoms with E-state index >= 15 is 4.39 Å². The number of amides is 1. The number of halogens is 2. The van der Waals surface area contributed by atoms with Crippen LogP contribution in [0.1, 0.15) is 64.9 Å². The zero-order valence-electron chi connectivity index (χ0n) is 23.0. The van der Waals surface area contributed by atoms with E-state index in [1.165, 1.54) is 23.8 Å². The molecule has 2 aliphatic rings. The van der Waals surface area contributed by atoms with Crippen LogP contribution in [0.25, 0.3) is 22.3 Å². The molecule has 1 amide bonds. The second kappa shape index (κ2) is 10.6. The summed E-state index contributed by atoms with van der Waals surface area (Å²) in [5.74, 6) is -1.19. The van der Waals surface area contributed by atoms with E-state index in [1.807, 2.05) is 20.9 Å². The molecular weight excluding hydrogens is 490 g/mol. The highest BCUT2D eigenvalue weighted by Crippen LogP contribution is 2.44. The SMILES string of the molecule is C=C(NC)C1=C(c2ccc(F)cc2)Cc2cc(CCC)c(-c3cc(C(=O)NC4CC=C4C)c(F)cc3C)cc21. The number of carbonyl (C=O) groups excluding carboxylic acids is 1. The summed E-state index contributed by atoms with van der Waals surface area (Å²) in [6.45, 7) is 10.3. The van der Waals surface area contributed by atoms with Gasteiger partial charge in [-0.25, -0.2) is 8.78 Å². The number of hydrogen-bond acceptors (Lipinski definition) is 2. The predicted molar refractivity (Wildman–Crippen MR) is 155 cm³/mol. The van der Waals surface area contributed by atoms with Crippen molar-refractivity contribution in [1.82, 2.24) is 10.6 Å². The van der Waals surface area contributed by atoms with Crippen LogP contribution in [0.15, 0.2) is 72.5 Å². The Kier molecular flexibility index (Phi) is 7.26. The Morgan fingerprint density at radius 2 is 1.77 bits per heavy atom. The zero-order valence-corrected chi connectivity index (χ0v) is 23.0. The van der Waals surface area contributed by atoms with E-state index in [0.29, 0.717) is 6.42 Å². The maximum absolute atomic E-state index is 15.1. The molecule has 0 spiro atoms. The lowest BCUT2D eigenvalue weighted by molar-refractivity contribution is 0.0936. The summed E-state index contributed by atoms with van der Waals surface area (Å²) >= 11 is 0. The molecule has 1 unspecified atom stereocenters. The number of fused-ring (bicyclic) bond motifs is 1. The van der Waals surface area contributed by atoms with Gasteiger partial charge in [-0.2, -0.15) is 0 Å². The summed E-state index contributed by atoms with van der Waals surface area (Å²) in [5.41, 5.74) is 11.0. The second-order valence-corrected chi connectivity index (χ2v) is 10.5. The first-order valence-electron chi connectivity index (χ1n) is 13.5. The summed E-state index contributed by atoms with van der Waals surface area (Å²) in [7, 11) is 1.84. The lowest BCUT2D eigenvalue weighted by Crippen LogP contribution is -2.39. The van der Waals surface area contributed by atoms with Crippen molar-refractivity contribution in [3.63, 3.8) is 0 Å². The summed E-state index contributed by atoms with van der Waals surface area (Å²) in [6.07, 6.45) is 5.33. The van der Waals surface area contributed by atoms with Gasteiger partial charge >= 0.3 is 0 Å². The largest absolute Gasteiger partial charge is 0.388 e. The van der Waals surface area contributed by atoms with Gasteiger partial charge in [0, 0.05) is 18.3 Å². The maximum atomic E-state index is 15.1. The van der Waals surface area contributed by atoms with Crippen molar-refractivity contribution in [2.24, 2.45) is 0 Å². The van der Waals surface area contributed by atoms with Crippen LogP contribution < -0.4 is 10.6 Å². The van der Waals surface area contributed by atoms with E-state index in [1.54, 1.807) is 18.2 Å². The Morgan fingerprint density at radius 1 is 1.03 bits per heavy atom. The quantitative estimate of drug-likeness (QED) is 0.299. The summed E-state index contributed by atoms with van der Waals surface area (Å²) in [4.78, 5) is 13.1. The second-order valence-electron chi connectivity index (χ2n) is 10.5. The molecule has 3 aromatic rings. The van der Waals surface area contributed by atoms with E-state index < -0.39 is 11.7 Å². The third-order valence-electron chi connectivity index (χ3n) is 7.96. The van der Waals surface area contributed by atoms with Crippen LogP contribution in [0.3, 0.4) is 0 Å². The van der Waals surface area contributed by atoms with E-state index in [4.69, 9.17) is 0 Å². The van der Waals surface area contributed by atoms with Gasteiger partial charge in [0.2, 0.25) is 0 Å². The molecule has 3 aromatic carbocycles. The van der Waals surface area contributed by atoms with E-state index in [9.17, 15) is 9.18 Å². The fraction of sp³-hybridized carbons (Fsp3) is 0.265. The molecule has 5 heteroatoms. The van der Waals surface area contributed by atoms with Crippen molar-refractivity contribution in [3.8, 4) is 11.1 Å². The van der Waals surface area contributed by atoms with E-state index in [2.05, 4.69) is 42.3 Å².